The lowest BCUT2D eigenvalue weighted by atomic mass is 9.94. The summed E-state index contributed by atoms with van der Waals surface area (Å²) in [5.41, 5.74) is 6.80. The zero-order valence-corrected chi connectivity index (χ0v) is 11.5. The number of aromatic nitrogens is 1. The molecule has 0 radical (unpaired) electrons. The van der Waals surface area contributed by atoms with Gasteiger partial charge in [-0.15, -0.1) is 0 Å². The van der Waals surface area contributed by atoms with E-state index in [1.165, 1.54) is 0 Å². The van der Waals surface area contributed by atoms with Gasteiger partial charge >= 0.3 is 0 Å². The minimum Gasteiger partial charge on any atom is -0.338 e. The van der Waals surface area contributed by atoms with Crippen LogP contribution in [-0.2, 0) is 11.3 Å². The molecule has 2 N–H and O–H groups in total. The molecule has 0 aliphatic rings. The van der Waals surface area contributed by atoms with Gasteiger partial charge in [0.2, 0.25) is 5.91 Å². The number of carbonyl (C=O) groups is 1. The predicted octanol–water partition coefficient (Wildman–Crippen LogP) is 1.66. The van der Waals surface area contributed by atoms with Crippen molar-refractivity contribution < 1.29 is 4.79 Å². The summed E-state index contributed by atoms with van der Waals surface area (Å²) in [5.74, 6) is 0.326. The van der Waals surface area contributed by atoms with E-state index in [2.05, 4.69) is 4.98 Å². The van der Waals surface area contributed by atoms with Crippen LogP contribution in [0.5, 0.6) is 0 Å². The third-order valence-corrected chi connectivity index (χ3v) is 3.19. The highest BCUT2D eigenvalue weighted by molar-refractivity contribution is 5.79. The summed E-state index contributed by atoms with van der Waals surface area (Å²) in [6.45, 7) is 7.80. The standard InChI is InChI=1S/C14H23N3O/c1-4-17(10-12-5-7-16-8-6-12)14(18)13(9-15)11(2)3/h5-8,11,13H,4,9-10,15H2,1-3H3. The van der Waals surface area contributed by atoms with Gasteiger partial charge in [0.1, 0.15) is 0 Å². The lowest BCUT2D eigenvalue weighted by Crippen LogP contribution is -2.40. The van der Waals surface area contributed by atoms with Crippen molar-refractivity contribution in [1.82, 2.24) is 9.88 Å². The molecule has 1 unspecified atom stereocenters. The van der Waals surface area contributed by atoms with Gasteiger partial charge in [-0.1, -0.05) is 13.8 Å². The Morgan fingerprint density at radius 3 is 2.44 bits per heavy atom. The molecule has 1 rings (SSSR count). The molecule has 4 heteroatoms. The maximum Gasteiger partial charge on any atom is 0.227 e. The average molecular weight is 249 g/mol. The van der Waals surface area contributed by atoms with Crippen molar-refractivity contribution in [2.24, 2.45) is 17.6 Å². The maximum absolute atomic E-state index is 12.4. The van der Waals surface area contributed by atoms with Gasteiger partial charge in [0, 0.05) is 32.0 Å². The van der Waals surface area contributed by atoms with E-state index in [0.29, 0.717) is 19.6 Å². The quantitative estimate of drug-likeness (QED) is 0.834. The minimum absolute atomic E-state index is 0.0909. The predicted molar refractivity (Wildman–Crippen MR) is 72.7 cm³/mol. The Bertz CT molecular complexity index is 365. The first kappa shape index (κ1) is 14.6. The summed E-state index contributed by atoms with van der Waals surface area (Å²) in [7, 11) is 0. The van der Waals surface area contributed by atoms with Crippen LogP contribution in [0.4, 0.5) is 0 Å². The first-order valence-corrected chi connectivity index (χ1v) is 6.47. The Labute approximate surface area is 109 Å². The third kappa shape index (κ3) is 3.81. The summed E-state index contributed by atoms with van der Waals surface area (Å²) in [4.78, 5) is 18.2. The van der Waals surface area contributed by atoms with Crippen molar-refractivity contribution in [2.75, 3.05) is 13.1 Å². The third-order valence-electron chi connectivity index (χ3n) is 3.19. The van der Waals surface area contributed by atoms with E-state index in [1.54, 1.807) is 12.4 Å². The molecular formula is C14H23N3O. The van der Waals surface area contributed by atoms with Crippen LogP contribution in [0.1, 0.15) is 26.3 Å². The largest absolute Gasteiger partial charge is 0.338 e. The van der Waals surface area contributed by atoms with Gasteiger partial charge in [-0.25, -0.2) is 0 Å². The van der Waals surface area contributed by atoms with Gasteiger partial charge in [0.25, 0.3) is 0 Å². The van der Waals surface area contributed by atoms with Crippen molar-refractivity contribution in [3.63, 3.8) is 0 Å². The van der Waals surface area contributed by atoms with Crippen molar-refractivity contribution in [3.8, 4) is 0 Å². The summed E-state index contributed by atoms with van der Waals surface area (Å²) < 4.78 is 0. The summed E-state index contributed by atoms with van der Waals surface area (Å²) in [6.07, 6.45) is 3.49. The Hall–Kier alpha value is -1.42. The number of rotatable bonds is 6. The number of nitrogens with two attached hydrogens (primary N) is 1. The molecular weight excluding hydrogens is 226 g/mol. The monoisotopic (exact) mass is 249 g/mol. The van der Waals surface area contributed by atoms with E-state index in [0.717, 1.165) is 5.56 Å². The maximum atomic E-state index is 12.4. The number of hydrogen-bond acceptors (Lipinski definition) is 3. The van der Waals surface area contributed by atoms with Crippen molar-refractivity contribution in [1.29, 1.82) is 0 Å². The average Bonchev–Trinajstić information content (AvgIpc) is 2.37. The molecule has 1 atom stereocenters. The Morgan fingerprint density at radius 2 is 2.00 bits per heavy atom. The second kappa shape index (κ2) is 7.11. The minimum atomic E-state index is -0.0909. The Morgan fingerprint density at radius 1 is 1.39 bits per heavy atom. The van der Waals surface area contributed by atoms with Gasteiger partial charge < -0.3 is 10.6 Å². The fourth-order valence-corrected chi connectivity index (χ4v) is 1.95. The van der Waals surface area contributed by atoms with E-state index in [1.807, 2.05) is 37.8 Å². The molecule has 1 heterocycles. The summed E-state index contributed by atoms with van der Waals surface area (Å²) in [6, 6.07) is 3.87. The second-order valence-corrected chi connectivity index (χ2v) is 4.79. The number of amides is 1. The summed E-state index contributed by atoms with van der Waals surface area (Å²) >= 11 is 0. The van der Waals surface area contributed by atoms with Crippen LogP contribution < -0.4 is 5.73 Å². The molecule has 0 saturated heterocycles. The van der Waals surface area contributed by atoms with Gasteiger partial charge in [-0.3, -0.25) is 9.78 Å². The number of pyridine rings is 1. The second-order valence-electron chi connectivity index (χ2n) is 4.79. The SMILES string of the molecule is CCN(Cc1ccncc1)C(=O)C(CN)C(C)C. The fraction of sp³-hybridized carbons (Fsp3) is 0.571. The van der Waals surface area contributed by atoms with Crippen LogP contribution >= 0.6 is 0 Å². The highest BCUT2D eigenvalue weighted by atomic mass is 16.2. The van der Waals surface area contributed by atoms with Gasteiger partial charge in [0.15, 0.2) is 0 Å². The van der Waals surface area contributed by atoms with Crippen molar-refractivity contribution in [3.05, 3.63) is 30.1 Å². The number of nitrogens with zero attached hydrogens (tertiary/aromatic N) is 2. The molecule has 1 aromatic heterocycles. The fourth-order valence-electron chi connectivity index (χ4n) is 1.95. The highest BCUT2D eigenvalue weighted by Crippen LogP contribution is 2.15. The van der Waals surface area contributed by atoms with E-state index in [-0.39, 0.29) is 17.7 Å². The van der Waals surface area contributed by atoms with Crippen LogP contribution in [0, 0.1) is 11.8 Å². The molecule has 0 spiro atoms. The smallest absolute Gasteiger partial charge is 0.227 e. The van der Waals surface area contributed by atoms with E-state index in [9.17, 15) is 4.79 Å². The number of hydrogen-bond donors (Lipinski definition) is 1. The zero-order chi connectivity index (χ0) is 13.5. The van der Waals surface area contributed by atoms with Crippen LogP contribution in [-0.4, -0.2) is 28.9 Å². The molecule has 0 fully saturated rings. The van der Waals surface area contributed by atoms with Crippen molar-refractivity contribution in [2.45, 2.75) is 27.3 Å². The molecule has 0 bridgehead atoms. The van der Waals surface area contributed by atoms with Gasteiger partial charge in [-0.05, 0) is 30.5 Å². The molecule has 0 aromatic carbocycles. The first-order valence-electron chi connectivity index (χ1n) is 6.47. The molecule has 0 aliphatic carbocycles. The van der Waals surface area contributed by atoms with E-state index in [4.69, 9.17) is 5.73 Å². The lowest BCUT2D eigenvalue weighted by Gasteiger charge is -2.27. The molecule has 100 valence electrons. The van der Waals surface area contributed by atoms with Crippen LogP contribution in [0.2, 0.25) is 0 Å². The van der Waals surface area contributed by atoms with Crippen LogP contribution in [0.25, 0.3) is 0 Å². The Balaban J connectivity index is 2.74. The Kier molecular flexibility index (Phi) is 5.78. The topological polar surface area (TPSA) is 59.2 Å². The van der Waals surface area contributed by atoms with E-state index >= 15 is 0 Å². The molecule has 1 amide bonds. The van der Waals surface area contributed by atoms with Crippen LogP contribution in [0.15, 0.2) is 24.5 Å². The lowest BCUT2D eigenvalue weighted by molar-refractivity contribution is -0.137. The van der Waals surface area contributed by atoms with Crippen molar-refractivity contribution >= 4 is 5.91 Å². The molecule has 4 nitrogen and oxygen atoms in total. The first-order chi connectivity index (χ1) is 8.60. The van der Waals surface area contributed by atoms with Gasteiger partial charge in [-0.2, -0.15) is 0 Å². The normalized spacial score (nSPS) is 12.5. The molecule has 0 saturated carbocycles. The molecule has 1 aromatic rings. The zero-order valence-electron chi connectivity index (χ0n) is 11.5. The number of carbonyl (C=O) groups excluding carboxylic acids is 1. The molecule has 0 aliphatic heterocycles. The highest BCUT2D eigenvalue weighted by Gasteiger charge is 2.24. The summed E-state index contributed by atoms with van der Waals surface area (Å²) in [5, 5.41) is 0. The van der Waals surface area contributed by atoms with E-state index < -0.39 is 0 Å². The van der Waals surface area contributed by atoms with Crippen LogP contribution in [0.3, 0.4) is 0 Å². The van der Waals surface area contributed by atoms with Gasteiger partial charge in [0.05, 0.1) is 5.92 Å². The molecule has 18 heavy (non-hydrogen) atoms.